The van der Waals surface area contributed by atoms with Crippen LogP contribution in [0, 0.1) is 5.92 Å². The van der Waals surface area contributed by atoms with Crippen LogP contribution in [-0.4, -0.2) is 23.6 Å². The van der Waals surface area contributed by atoms with E-state index in [0.29, 0.717) is 12.2 Å². The Balaban J connectivity index is 2.06. The molecular weight excluding hydrogens is 230 g/mol. The van der Waals surface area contributed by atoms with E-state index >= 15 is 0 Å². The summed E-state index contributed by atoms with van der Waals surface area (Å²) in [5, 5.41) is 8.38. The fourth-order valence-corrected chi connectivity index (χ4v) is 1.97. The van der Waals surface area contributed by atoms with Gasteiger partial charge in [-0.25, -0.2) is 4.79 Å². The number of carbonyl (C=O) groups is 1. The second-order valence-corrected chi connectivity index (χ2v) is 4.20. The van der Waals surface area contributed by atoms with E-state index < -0.39 is 24.2 Å². The largest absolute Gasteiger partial charge is 0.493 e. The summed E-state index contributed by atoms with van der Waals surface area (Å²) in [5.41, 5.74) is 0.852. The minimum atomic E-state index is -3.68. The van der Waals surface area contributed by atoms with E-state index in [2.05, 4.69) is 0 Å². The highest BCUT2D eigenvalue weighted by molar-refractivity contribution is 5.75. The maximum atomic E-state index is 13.1. The van der Waals surface area contributed by atoms with Crippen molar-refractivity contribution in [1.29, 1.82) is 0 Å². The summed E-state index contributed by atoms with van der Waals surface area (Å²) in [6, 6.07) is 7.20. The van der Waals surface area contributed by atoms with E-state index in [4.69, 9.17) is 9.84 Å². The fraction of sp³-hybridized carbons (Fsp3) is 0.417. The molecule has 1 aliphatic heterocycles. The maximum absolute atomic E-state index is 13.1. The first kappa shape index (κ1) is 11.8. The first-order valence-corrected chi connectivity index (χ1v) is 5.31. The lowest BCUT2D eigenvalue weighted by Gasteiger charge is -2.26. The number of para-hydroxylation sites is 1. The Kier molecular flexibility index (Phi) is 3.00. The zero-order valence-corrected chi connectivity index (χ0v) is 9.03. The molecule has 17 heavy (non-hydrogen) atoms. The Bertz CT molecular complexity index is 432. The molecule has 1 N–H and O–H groups in total. The molecule has 2 rings (SSSR count). The Morgan fingerprint density at radius 3 is 2.88 bits per heavy atom. The molecular formula is C12H12F2O3. The summed E-state index contributed by atoms with van der Waals surface area (Å²) >= 11 is 0. The lowest BCUT2D eigenvalue weighted by molar-refractivity contribution is -0.167. The van der Waals surface area contributed by atoms with Gasteiger partial charge in [0.1, 0.15) is 5.75 Å². The summed E-state index contributed by atoms with van der Waals surface area (Å²) in [5.74, 6) is -5.52. The first-order chi connectivity index (χ1) is 7.99. The number of aliphatic carboxylic acids is 1. The van der Waals surface area contributed by atoms with Crippen LogP contribution in [0.5, 0.6) is 5.75 Å². The lowest BCUT2D eigenvalue weighted by atomic mass is 9.91. The maximum Gasteiger partial charge on any atom is 0.374 e. The van der Waals surface area contributed by atoms with Gasteiger partial charge in [-0.05, 0) is 18.1 Å². The van der Waals surface area contributed by atoms with Crippen LogP contribution in [0.1, 0.15) is 12.0 Å². The predicted octanol–water partition coefficient (Wildman–Crippen LogP) is 2.35. The molecule has 92 valence electrons. The van der Waals surface area contributed by atoms with E-state index in [1.165, 1.54) is 0 Å². The van der Waals surface area contributed by atoms with E-state index in [1.54, 1.807) is 18.2 Å². The molecule has 1 aromatic carbocycles. The van der Waals surface area contributed by atoms with Crippen molar-refractivity contribution in [3.63, 3.8) is 0 Å². The number of hydrogen-bond acceptors (Lipinski definition) is 2. The van der Waals surface area contributed by atoms with E-state index in [9.17, 15) is 13.6 Å². The van der Waals surface area contributed by atoms with Crippen LogP contribution in [-0.2, 0) is 11.2 Å². The number of alkyl halides is 2. The minimum absolute atomic E-state index is 0.139. The molecule has 0 aromatic heterocycles. The highest BCUT2D eigenvalue weighted by atomic mass is 19.3. The van der Waals surface area contributed by atoms with E-state index in [-0.39, 0.29) is 6.61 Å². The van der Waals surface area contributed by atoms with Gasteiger partial charge >= 0.3 is 11.9 Å². The third-order valence-electron chi connectivity index (χ3n) is 2.81. The second kappa shape index (κ2) is 4.31. The van der Waals surface area contributed by atoms with Gasteiger partial charge < -0.3 is 9.84 Å². The Hall–Kier alpha value is -1.65. The normalized spacial score (nSPS) is 19.3. The molecule has 1 aliphatic rings. The number of carboxylic acid groups (broad SMARTS) is 1. The number of hydrogen-bond donors (Lipinski definition) is 1. The van der Waals surface area contributed by atoms with Crippen molar-refractivity contribution >= 4 is 5.97 Å². The third-order valence-corrected chi connectivity index (χ3v) is 2.81. The van der Waals surface area contributed by atoms with Gasteiger partial charge in [0.25, 0.3) is 0 Å². The van der Waals surface area contributed by atoms with Gasteiger partial charge in [-0.3, -0.25) is 0 Å². The molecule has 0 fully saturated rings. The average molecular weight is 242 g/mol. The average Bonchev–Trinajstić information content (AvgIpc) is 2.28. The molecule has 0 saturated carbocycles. The monoisotopic (exact) mass is 242 g/mol. The Labute approximate surface area is 97.0 Å². The molecule has 5 heteroatoms. The van der Waals surface area contributed by atoms with Crippen molar-refractivity contribution in [2.75, 3.05) is 6.61 Å². The molecule has 0 radical (unpaired) electrons. The van der Waals surface area contributed by atoms with Gasteiger partial charge in [-0.15, -0.1) is 0 Å². The quantitative estimate of drug-likeness (QED) is 0.884. The molecule has 3 nitrogen and oxygen atoms in total. The van der Waals surface area contributed by atoms with E-state index in [1.807, 2.05) is 6.07 Å². The minimum Gasteiger partial charge on any atom is -0.493 e. The zero-order chi connectivity index (χ0) is 12.5. The van der Waals surface area contributed by atoms with Crippen LogP contribution in [0.4, 0.5) is 8.78 Å². The number of fused-ring (bicyclic) bond motifs is 1. The SMILES string of the molecule is O=C(O)C(F)(F)CC1COc2ccccc2C1. The number of halogens is 2. The van der Waals surface area contributed by atoms with Crippen LogP contribution in [0.15, 0.2) is 24.3 Å². The van der Waals surface area contributed by atoms with Crippen molar-refractivity contribution in [3.05, 3.63) is 29.8 Å². The van der Waals surface area contributed by atoms with Gasteiger partial charge in [-0.1, -0.05) is 18.2 Å². The molecule has 0 bridgehead atoms. The standard InChI is InChI=1S/C12H12F2O3/c13-12(14,11(15)16)6-8-5-9-3-1-2-4-10(9)17-7-8/h1-4,8H,5-7H2,(H,15,16). The Morgan fingerprint density at radius 1 is 1.47 bits per heavy atom. The van der Waals surface area contributed by atoms with Crippen LogP contribution in [0.2, 0.25) is 0 Å². The summed E-state index contributed by atoms with van der Waals surface area (Å²) in [4.78, 5) is 10.3. The topological polar surface area (TPSA) is 46.5 Å². The van der Waals surface area contributed by atoms with Crippen molar-refractivity contribution < 1.29 is 23.4 Å². The van der Waals surface area contributed by atoms with Crippen LogP contribution < -0.4 is 4.74 Å². The number of carboxylic acids is 1. The van der Waals surface area contributed by atoms with Crippen molar-refractivity contribution in [2.45, 2.75) is 18.8 Å². The fourth-order valence-electron chi connectivity index (χ4n) is 1.97. The summed E-state index contributed by atoms with van der Waals surface area (Å²) in [6.45, 7) is 0.139. The molecule has 0 aliphatic carbocycles. The van der Waals surface area contributed by atoms with Gasteiger partial charge in [0.05, 0.1) is 6.61 Å². The zero-order valence-electron chi connectivity index (χ0n) is 9.03. The highest BCUT2D eigenvalue weighted by Gasteiger charge is 2.42. The third kappa shape index (κ3) is 2.54. The van der Waals surface area contributed by atoms with Gasteiger partial charge in [-0.2, -0.15) is 8.78 Å². The molecule has 1 aromatic rings. The summed E-state index contributed by atoms with van der Waals surface area (Å²) in [6.07, 6.45) is -0.254. The number of rotatable bonds is 3. The van der Waals surface area contributed by atoms with Gasteiger partial charge in [0.2, 0.25) is 0 Å². The summed E-state index contributed by atoms with van der Waals surface area (Å²) < 4.78 is 31.4. The Morgan fingerprint density at radius 2 is 2.18 bits per heavy atom. The molecule has 1 unspecified atom stereocenters. The van der Waals surface area contributed by atoms with Gasteiger partial charge in [0, 0.05) is 12.3 Å². The van der Waals surface area contributed by atoms with Crippen LogP contribution >= 0.6 is 0 Å². The molecule has 0 amide bonds. The molecule has 1 heterocycles. The van der Waals surface area contributed by atoms with E-state index in [0.717, 1.165) is 5.56 Å². The molecule has 1 atom stereocenters. The molecule has 0 spiro atoms. The number of benzene rings is 1. The van der Waals surface area contributed by atoms with Crippen LogP contribution in [0.25, 0.3) is 0 Å². The smallest absolute Gasteiger partial charge is 0.374 e. The number of ether oxygens (including phenoxy) is 1. The van der Waals surface area contributed by atoms with Crippen molar-refractivity contribution in [2.24, 2.45) is 5.92 Å². The van der Waals surface area contributed by atoms with Gasteiger partial charge in [0.15, 0.2) is 0 Å². The van der Waals surface area contributed by atoms with Crippen LogP contribution in [0.3, 0.4) is 0 Å². The highest BCUT2D eigenvalue weighted by Crippen LogP contribution is 2.32. The first-order valence-electron chi connectivity index (χ1n) is 5.31. The lowest BCUT2D eigenvalue weighted by Crippen LogP contribution is -2.34. The summed E-state index contributed by atoms with van der Waals surface area (Å²) in [7, 11) is 0. The van der Waals surface area contributed by atoms with Crippen molar-refractivity contribution in [3.8, 4) is 5.75 Å². The predicted molar refractivity (Wildman–Crippen MR) is 56.3 cm³/mol. The molecule has 0 saturated heterocycles. The van der Waals surface area contributed by atoms with Crippen molar-refractivity contribution in [1.82, 2.24) is 0 Å². The second-order valence-electron chi connectivity index (χ2n) is 4.20.